The molecule has 0 atom stereocenters. The Hall–Kier alpha value is -2.17. The van der Waals surface area contributed by atoms with Gasteiger partial charge in [-0.1, -0.05) is 19.9 Å². The molecule has 22 heavy (non-hydrogen) atoms. The van der Waals surface area contributed by atoms with Gasteiger partial charge in [-0.05, 0) is 30.5 Å². The second kappa shape index (κ2) is 7.73. The molecule has 0 unspecified atom stereocenters. The number of methoxy groups -OCH3 is 1. The topological polar surface area (TPSA) is 48.3 Å². The number of anilines is 1. The van der Waals surface area contributed by atoms with Gasteiger partial charge in [0.1, 0.15) is 0 Å². The van der Waals surface area contributed by atoms with E-state index in [4.69, 9.17) is 9.47 Å². The molecule has 0 radical (unpaired) electrons. The summed E-state index contributed by atoms with van der Waals surface area (Å²) in [4.78, 5) is 0. The lowest BCUT2D eigenvalue weighted by Crippen LogP contribution is -2.06. The van der Waals surface area contributed by atoms with E-state index in [-0.39, 0.29) is 0 Å². The van der Waals surface area contributed by atoms with E-state index in [0.717, 1.165) is 35.8 Å². The molecular weight excluding hydrogens is 278 g/mol. The Morgan fingerprint density at radius 1 is 1.27 bits per heavy atom. The summed E-state index contributed by atoms with van der Waals surface area (Å²) in [7, 11) is 1.67. The van der Waals surface area contributed by atoms with Crippen molar-refractivity contribution in [1.82, 2.24) is 9.78 Å². The van der Waals surface area contributed by atoms with Crippen molar-refractivity contribution in [3.63, 3.8) is 0 Å². The standard InChI is InChI=1S/C17H25N3O2/c1-5-20-11-15(10-19-20)18-9-14-6-7-16(17(8-14)21-4)22-12-13(2)3/h6-8,10-11,13,18H,5,9,12H2,1-4H3. The Bertz CT molecular complexity index is 593. The van der Waals surface area contributed by atoms with Crippen molar-refractivity contribution in [3.8, 4) is 11.5 Å². The third-order valence-electron chi connectivity index (χ3n) is 3.25. The second-order valence-electron chi connectivity index (χ2n) is 5.63. The highest BCUT2D eigenvalue weighted by Gasteiger charge is 2.07. The van der Waals surface area contributed by atoms with Crippen molar-refractivity contribution in [2.75, 3.05) is 19.0 Å². The average molecular weight is 303 g/mol. The number of hydrogen-bond donors (Lipinski definition) is 1. The van der Waals surface area contributed by atoms with E-state index in [1.165, 1.54) is 0 Å². The normalized spacial score (nSPS) is 10.8. The van der Waals surface area contributed by atoms with Crippen LogP contribution in [-0.2, 0) is 13.1 Å². The van der Waals surface area contributed by atoms with Crippen LogP contribution in [0.2, 0.25) is 0 Å². The van der Waals surface area contributed by atoms with Crippen LogP contribution in [0.1, 0.15) is 26.3 Å². The first-order valence-corrected chi connectivity index (χ1v) is 7.68. The third-order valence-corrected chi connectivity index (χ3v) is 3.25. The van der Waals surface area contributed by atoms with Gasteiger partial charge in [-0.15, -0.1) is 0 Å². The SMILES string of the molecule is CCn1cc(NCc2ccc(OCC(C)C)c(OC)c2)cn1. The van der Waals surface area contributed by atoms with Crippen LogP contribution in [0, 0.1) is 5.92 Å². The monoisotopic (exact) mass is 303 g/mol. The Morgan fingerprint density at radius 2 is 2.09 bits per heavy atom. The molecule has 2 aromatic rings. The highest BCUT2D eigenvalue weighted by Crippen LogP contribution is 2.28. The Kier molecular flexibility index (Phi) is 5.69. The zero-order valence-corrected chi connectivity index (χ0v) is 13.8. The molecule has 0 bridgehead atoms. The van der Waals surface area contributed by atoms with Crippen molar-refractivity contribution in [3.05, 3.63) is 36.2 Å². The van der Waals surface area contributed by atoms with Gasteiger partial charge in [0, 0.05) is 19.3 Å². The van der Waals surface area contributed by atoms with Crippen LogP contribution in [0.25, 0.3) is 0 Å². The Balaban J connectivity index is 1.99. The maximum atomic E-state index is 5.77. The number of nitrogens with one attached hydrogen (secondary N) is 1. The molecule has 0 amide bonds. The summed E-state index contributed by atoms with van der Waals surface area (Å²) in [5, 5.41) is 7.60. The fraction of sp³-hybridized carbons (Fsp3) is 0.471. The van der Waals surface area contributed by atoms with Gasteiger partial charge in [0.25, 0.3) is 0 Å². The van der Waals surface area contributed by atoms with Gasteiger partial charge in [0.05, 0.1) is 25.6 Å². The molecule has 120 valence electrons. The minimum atomic E-state index is 0.487. The predicted molar refractivity (Wildman–Crippen MR) is 88.6 cm³/mol. The molecular formula is C17H25N3O2. The van der Waals surface area contributed by atoms with Crippen molar-refractivity contribution in [2.45, 2.75) is 33.9 Å². The van der Waals surface area contributed by atoms with Crippen LogP contribution in [0.5, 0.6) is 11.5 Å². The number of rotatable bonds is 8. The van der Waals surface area contributed by atoms with Gasteiger partial charge in [-0.2, -0.15) is 5.10 Å². The fourth-order valence-corrected chi connectivity index (χ4v) is 2.03. The van der Waals surface area contributed by atoms with Crippen molar-refractivity contribution in [2.24, 2.45) is 5.92 Å². The second-order valence-corrected chi connectivity index (χ2v) is 5.63. The number of hydrogen-bond acceptors (Lipinski definition) is 4. The van der Waals surface area contributed by atoms with Gasteiger partial charge >= 0.3 is 0 Å². The van der Waals surface area contributed by atoms with Crippen molar-refractivity contribution >= 4 is 5.69 Å². The molecule has 0 spiro atoms. The molecule has 1 N–H and O–H groups in total. The molecule has 1 heterocycles. The van der Waals surface area contributed by atoms with E-state index >= 15 is 0 Å². The summed E-state index contributed by atoms with van der Waals surface area (Å²) in [5.74, 6) is 2.05. The Labute approximate surface area is 132 Å². The lowest BCUT2D eigenvalue weighted by atomic mass is 10.2. The van der Waals surface area contributed by atoms with Crippen LogP contribution in [0.15, 0.2) is 30.6 Å². The molecule has 5 nitrogen and oxygen atoms in total. The van der Waals surface area contributed by atoms with Crippen LogP contribution >= 0.6 is 0 Å². The van der Waals surface area contributed by atoms with Gasteiger partial charge in [0.2, 0.25) is 0 Å². The predicted octanol–water partition coefficient (Wildman–Crippen LogP) is 3.56. The summed E-state index contributed by atoms with van der Waals surface area (Å²) < 4.78 is 13.1. The quantitative estimate of drug-likeness (QED) is 0.810. The van der Waals surface area contributed by atoms with Crippen LogP contribution < -0.4 is 14.8 Å². The summed E-state index contributed by atoms with van der Waals surface area (Å²) in [6, 6.07) is 6.02. The number of aromatic nitrogens is 2. The summed E-state index contributed by atoms with van der Waals surface area (Å²) >= 11 is 0. The maximum absolute atomic E-state index is 5.77. The van der Waals surface area contributed by atoms with E-state index in [1.54, 1.807) is 7.11 Å². The highest BCUT2D eigenvalue weighted by molar-refractivity contribution is 5.45. The highest BCUT2D eigenvalue weighted by atomic mass is 16.5. The number of benzene rings is 1. The van der Waals surface area contributed by atoms with E-state index in [9.17, 15) is 0 Å². The molecule has 0 saturated heterocycles. The smallest absolute Gasteiger partial charge is 0.161 e. The van der Waals surface area contributed by atoms with E-state index < -0.39 is 0 Å². The van der Waals surface area contributed by atoms with Gasteiger partial charge in [-0.3, -0.25) is 4.68 Å². The average Bonchev–Trinajstić information content (AvgIpc) is 2.99. The van der Waals surface area contributed by atoms with E-state index in [2.05, 4.69) is 37.3 Å². The molecule has 5 heteroatoms. The summed E-state index contributed by atoms with van der Waals surface area (Å²) in [5.41, 5.74) is 2.15. The number of nitrogens with zero attached hydrogens (tertiary/aromatic N) is 2. The molecule has 2 rings (SSSR count). The van der Waals surface area contributed by atoms with E-state index in [0.29, 0.717) is 12.5 Å². The van der Waals surface area contributed by atoms with Crippen LogP contribution in [0.3, 0.4) is 0 Å². The lowest BCUT2D eigenvalue weighted by Gasteiger charge is -2.14. The number of ether oxygens (including phenoxy) is 2. The summed E-state index contributed by atoms with van der Waals surface area (Å²) in [6.45, 7) is 8.60. The van der Waals surface area contributed by atoms with Gasteiger partial charge in [0.15, 0.2) is 11.5 Å². The number of aryl methyl sites for hydroxylation is 1. The molecule has 0 saturated carbocycles. The minimum absolute atomic E-state index is 0.487. The minimum Gasteiger partial charge on any atom is -0.493 e. The fourth-order valence-electron chi connectivity index (χ4n) is 2.03. The molecule has 1 aromatic carbocycles. The van der Waals surface area contributed by atoms with Crippen molar-refractivity contribution < 1.29 is 9.47 Å². The zero-order chi connectivity index (χ0) is 15.9. The lowest BCUT2D eigenvalue weighted by molar-refractivity contribution is 0.257. The van der Waals surface area contributed by atoms with Crippen LogP contribution in [0.4, 0.5) is 5.69 Å². The first-order chi connectivity index (χ1) is 10.6. The first-order valence-electron chi connectivity index (χ1n) is 7.68. The first kappa shape index (κ1) is 16.2. The molecule has 0 aliphatic carbocycles. The van der Waals surface area contributed by atoms with Crippen molar-refractivity contribution in [1.29, 1.82) is 0 Å². The largest absolute Gasteiger partial charge is 0.493 e. The summed E-state index contributed by atoms with van der Waals surface area (Å²) in [6.07, 6.45) is 3.83. The zero-order valence-electron chi connectivity index (χ0n) is 13.8. The van der Waals surface area contributed by atoms with Gasteiger partial charge in [-0.25, -0.2) is 0 Å². The molecule has 0 fully saturated rings. The molecule has 0 aliphatic rings. The third kappa shape index (κ3) is 4.41. The van der Waals surface area contributed by atoms with E-state index in [1.807, 2.05) is 29.2 Å². The maximum Gasteiger partial charge on any atom is 0.161 e. The molecule has 1 aromatic heterocycles. The van der Waals surface area contributed by atoms with Gasteiger partial charge < -0.3 is 14.8 Å². The molecule has 0 aliphatic heterocycles. The van der Waals surface area contributed by atoms with Crippen LogP contribution in [-0.4, -0.2) is 23.5 Å². The Morgan fingerprint density at radius 3 is 2.73 bits per heavy atom.